The van der Waals surface area contributed by atoms with Crippen molar-refractivity contribution < 1.29 is 9.53 Å². The fourth-order valence-electron chi connectivity index (χ4n) is 1.65. The first kappa shape index (κ1) is 12.3. The summed E-state index contributed by atoms with van der Waals surface area (Å²) in [4.78, 5) is 15.5. The monoisotopic (exact) mass is 215 g/mol. The lowest BCUT2D eigenvalue weighted by Crippen LogP contribution is -2.45. The summed E-state index contributed by atoms with van der Waals surface area (Å²) in [5.74, 6) is 0. The number of nitrogens with zero attached hydrogens (tertiary/aromatic N) is 2. The second kappa shape index (κ2) is 6.63. The Morgan fingerprint density at radius 3 is 2.67 bits per heavy atom. The number of amides is 2. The number of urea groups is 1. The first-order chi connectivity index (χ1) is 7.27. The Bertz CT molecular complexity index is 193. The lowest BCUT2D eigenvalue weighted by Gasteiger charge is -2.29. The van der Waals surface area contributed by atoms with Crippen molar-refractivity contribution in [1.29, 1.82) is 0 Å². The minimum Gasteiger partial charge on any atom is -0.379 e. The maximum atomic E-state index is 11.4. The molecule has 0 radical (unpaired) electrons. The number of hydrogen-bond donors (Lipinski definition) is 1. The van der Waals surface area contributed by atoms with Crippen LogP contribution in [0.4, 0.5) is 4.79 Å². The van der Waals surface area contributed by atoms with Crippen LogP contribution in [0.2, 0.25) is 0 Å². The molecule has 1 saturated heterocycles. The molecule has 1 N–H and O–H groups in total. The van der Waals surface area contributed by atoms with Crippen molar-refractivity contribution in [3.05, 3.63) is 0 Å². The van der Waals surface area contributed by atoms with Gasteiger partial charge in [-0.2, -0.15) is 0 Å². The van der Waals surface area contributed by atoms with E-state index < -0.39 is 0 Å². The van der Waals surface area contributed by atoms with Crippen LogP contribution >= 0.6 is 0 Å². The molecule has 0 atom stereocenters. The first-order valence-corrected chi connectivity index (χ1v) is 5.54. The fourth-order valence-corrected chi connectivity index (χ4v) is 1.65. The predicted octanol–water partition coefficient (Wildman–Crippen LogP) is -0.0201. The molecule has 88 valence electrons. The van der Waals surface area contributed by atoms with Crippen molar-refractivity contribution in [2.45, 2.75) is 6.92 Å². The molecule has 1 rings (SSSR count). The lowest BCUT2D eigenvalue weighted by atomic mass is 10.4. The third kappa shape index (κ3) is 4.05. The maximum absolute atomic E-state index is 11.4. The largest absolute Gasteiger partial charge is 0.379 e. The van der Waals surface area contributed by atoms with Gasteiger partial charge in [0.25, 0.3) is 0 Å². The maximum Gasteiger partial charge on any atom is 0.317 e. The Morgan fingerprint density at radius 2 is 2.13 bits per heavy atom. The predicted molar refractivity (Wildman–Crippen MR) is 59.0 cm³/mol. The van der Waals surface area contributed by atoms with E-state index in [1.54, 1.807) is 7.05 Å². The number of nitrogens with one attached hydrogen (secondary N) is 1. The molecular weight excluding hydrogens is 194 g/mol. The molecule has 0 unspecified atom stereocenters. The Labute approximate surface area is 91.4 Å². The Morgan fingerprint density at radius 1 is 1.47 bits per heavy atom. The number of rotatable bonds is 4. The van der Waals surface area contributed by atoms with E-state index in [1.165, 1.54) is 0 Å². The summed E-state index contributed by atoms with van der Waals surface area (Å²) >= 11 is 0. The molecule has 0 spiro atoms. The van der Waals surface area contributed by atoms with Crippen LogP contribution < -0.4 is 5.32 Å². The van der Waals surface area contributed by atoms with E-state index in [2.05, 4.69) is 10.2 Å². The number of ether oxygens (including phenoxy) is 1. The van der Waals surface area contributed by atoms with Crippen LogP contribution in [0.3, 0.4) is 0 Å². The zero-order chi connectivity index (χ0) is 11.1. The van der Waals surface area contributed by atoms with Gasteiger partial charge in [0.1, 0.15) is 0 Å². The zero-order valence-corrected chi connectivity index (χ0v) is 9.66. The van der Waals surface area contributed by atoms with Crippen molar-refractivity contribution in [3.63, 3.8) is 0 Å². The second-order valence-electron chi connectivity index (χ2n) is 3.59. The molecule has 0 aromatic carbocycles. The van der Waals surface area contributed by atoms with Gasteiger partial charge in [0.05, 0.1) is 13.2 Å². The van der Waals surface area contributed by atoms with Crippen molar-refractivity contribution in [1.82, 2.24) is 15.1 Å². The highest BCUT2D eigenvalue weighted by molar-refractivity contribution is 5.73. The van der Waals surface area contributed by atoms with Gasteiger partial charge < -0.3 is 15.0 Å². The van der Waals surface area contributed by atoms with E-state index in [9.17, 15) is 4.79 Å². The van der Waals surface area contributed by atoms with E-state index in [4.69, 9.17) is 4.74 Å². The first-order valence-electron chi connectivity index (χ1n) is 5.54. The summed E-state index contributed by atoms with van der Waals surface area (Å²) in [5, 5.41) is 2.65. The van der Waals surface area contributed by atoms with Gasteiger partial charge in [-0.15, -0.1) is 0 Å². The zero-order valence-electron chi connectivity index (χ0n) is 9.66. The minimum absolute atomic E-state index is 0.00533. The molecule has 2 amide bonds. The van der Waals surface area contributed by atoms with Crippen molar-refractivity contribution >= 4 is 6.03 Å². The lowest BCUT2D eigenvalue weighted by molar-refractivity contribution is 0.0351. The van der Waals surface area contributed by atoms with Crippen molar-refractivity contribution in [2.75, 3.05) is 53.0 Å². The van der Waals surface area contributed by atoms with Gasteiger partial charge in [-0.3, -0.25) is 4.90 Å². The molecule has 1 aliphatic heterocycles. The second-order valence-corrected chi connectivity index (χ2v) is 3.59. The standard InChI is InChI=1S/C10H21N3O2/c1-3-13(10(14)11-2)5-4-12-6-8-15-9-7-12/h3-9H2,1-2H3,(H,11,14). The molecule has 1 aliphatic rings. The molecule has 1 fully saturated rings. The third-order valence-electron chi connectivity index (χ3n) is 2.67. The van der Waals surface area contributed by atoms with E-state index in [1.807, 2.05) is 11.8 Å². The van der Waals surface area contributed by atoms with E-state index in [0.29, 0.717) is 0 Å². The van der Waals surface area contributed by atoms with E-state index in [0.717, 1.165) is 45.9 Å². The van der Waals surface area contributed by atoms with Gasteiger partial charge in [-0.25, -0.2) is 4.79 Å². The molecule has 1 heterocycles. The van der Waals surface area contributed by atoms with Crippen LogP contribution in [-0.4, -0.2) is 68.8 Å². The quantitative estimate of drug-likeness (QED) is 0.717. The van der Waals surface area contributed by atoms with E-state index >= 15 is 0 Å². The van der Waals surface area contributed by atoms with Gasteiger partial charge in [0.15, 0.2) is 0 Å². The molecule has 0 aromatic heterocycles. The molecule has 15 heavy (non-hydrogen) atoms. The Kier molecular flexibility index (Phi) is 5.42. The number of carbonyl (C=O) groups is 1. The van der Waals surface area contributed by atoms with Crippen LogP contribution in [0.25, 0.3) is 0 Å². The summed E-state index contributed by atoms with van der Waals surface area (Å²) in [7, 11) is 1.67. The van der Waals surface area contributed by atoms with Crippen LogP contribution in [0.5, 0.6) is 0 Å². The molecule has 5 heteroatoms. The normalized spacial score (nSPS) is 17.5. The minimum atomic E-state index is 0.00533. The molecule has 0 saturated carbocycles. The van der Waals surface area contributed by atoms with Gasteiger partial charge in [0, 0.05) is 39.8 Å². The third-order valence-corrected chi connectivity index (χ3v) is 2.67. The Balaban J connectivity index is 2.23. The van der Waals surface area contributed by atoms with Crippen LogP contribution in [0, 0.1) is 0 Å². The fraction of sp³-hybridized carbons (Fsp3) is 0.900. The number of likely N-dealkylation sites (N-methyl/N-ethyl adjacent to an activating group) is 1. The molecule has 0 aromatic rings. The van der Waals surface area contributed by atoms with Crippen molar-refractivity contribution in [3.8, 4) is 0 Å². The highest BCUT2D eigenvalue weighted by Crippen LogP contribution is 1.97. The summed E-state index contributed by atoms with van der Waals surface area (Å²) in [6.45, 7) is 8.05. The number of hydrogen-bond acceptors (Lipinski definition) is 3. The molecule has 5 nitrogen and oxygen atoms in total. The molecule has 0 bridgehead atoms. The number of carbonyl (C=O) groups excluding carboxylic acids is 1. The number of morpholine rings is 1. The smallest absolute Gasteiger partial charge is 0.317 e. The van der Waals surface area contributed by atoms with Gasteiger partial charge in [-0.1, -0.05) is 0 Å². The topological polar surface area (TPSA) is 44.8 Å². The molecule has 0 aliphatic carbocycles. The Hall–Kier alpha value is -0.810. The van der Waals surface area contributed by atoms with Gasteiger partial charge in [0.2, 0.25) is 0 Å². The van der Waals surface area contributed by atoms with Gasteiger partial charge >= 0.3 is 6.03 Å². The van der Waals surface area contributed by atoms with Crippen LogP contribution in [0.15, 0.2) is 0 Å². The van der Waals surface area contributed by atoms with Crippen LogP contribution in [-0.2, 0) is 4.74 Å². The van der Waals surface area contributed by atoms with Crippen molar-refractivity contribution in [2.24, 2.45) is 0 Å². The summed E-state index contributed by atoms with van der Waals surface area (Å²) in [6.07, 6.45) is 0. The van der Waals surface area contributed by atoms with Crippen LogP contribution in [0.1, 0.15) is 6.92 Å². The average Bonchev–Trinajstić information content (AvgIpc) is 2.31. The van der Waals surface area contributed by atoms with Gasteiger partial charge in [-0.05, 0) is 6.92 Å². The highest BCUT2D eigenvalue weighted by Gasteiger charge is 2.13. The summed E-state index contributed by atoms with van der Waals surface area (Å²) in [6, 6.07) is 0.00533. The SMILES string of the molecule is CCN(CCN1CCOCC1)C(=O)NC. The highest BCUT2D eigenvalue weighted by atomic mass is 16.5. The summed E-state index contributed by atoms with van der Waals surface area (Å²) in [5.41, 5.74) is 0. The average molecular weight is 215 g/mol. The van der Waals surface area contributed by atoms with E-state index in [-0.39, 0.29) is 6.03 Å². The summed E-state index contributed by atoms with van der Waals surface area (Å²) < 4.78 is 5.27. The molecular formula is C10H21N3O2.